The summed E-state index contributed by atoms with van der Waals surface area (Å²) >= 11 is 4.21. The molecule has 0 saturated carbocycles. The van der Waals surface area contributed by atoms with Gasteiger partial charge in [-0.1, -0.05) is 44.2 Å². The second kappa shape index (κ2) is 8.96. The fourth-order valence-corrected chi connectivity index (χ4v) is 6.41. The number of ether oxygens (including phenoxy) is 1. The fourth-order valence-electron chi connectivity index (χ4n) is 6.30. The Morgan fingerprint density at radius 3 is 2.70 bits per heavy atom. The number of carbonyl (C=O) groups is 1. The number of aryl methyl sites for hydroxylation is 1. The minimum absolute atomic E-state index is 0.0650. The average molecular weight is 512 g/mol. The minimum atomic E-state index is -0.609. The highest BCUT2D eigenvalue weighted by Crippen LogP contribution is 2.55. The molecule has 0 bridgehead atoms. The number of hydrogen-bond donors (Lipinski definition) is 2. The van der Waals surface area contributed by atoms with Crippen LogP contribution in [0, 0.1) is 0 Å². The maximum Gasteiger partial charge on any atom is 0.251 e. The predicted molar refractivity (Wildman–Crippen MR) is 156 cm³/mol. The summed E-state index contributed by atoms with van der Waals surface area (Å²) < 4.78 is 8.93. The van der Waals surface area contributed by atoms with Gasteiger partial charge in [0.2, 0.25) is 0 Å². The average Bonchev–Trinajstić information content (AvgIpc) is 3.54. The molecule has 1 aromatic heterocycles. The van der Waals surface area contributed by atoms with E-state index in [1.807, 2.05) is 12.1 Å². The van der Waals surface area contributed by atoms with E-state index in [-0.39, 0.29) is 11.3 Å². The van der Waals surface area contributed by atoms with Crippen molar-refractivity contribution in [2.45, 2.75) is 38.5 Å². The van der Waals surface area contributed by atoms with E-state index in [0.29, 0.717) is 24.5 Å². The first kappa shape index (κ1) is 24.1. The van der Waals surface area contributed by atoms with E-state index in [2.05, 4.69) is 109 Å². The number of fused-ring (bicyclic) bond motifs is 6. The van der Waals surface area contributed by atoms with Crippen LogP contribution in [0.25, 0.3) is 27.9 Å². The third-order valence-electron chi connectivity index (χ3n) is 8.17. The SMILES string of the molecule is CCn1c2ccccc2c2cc(/C=C/C34OCCN3c3ccc(C(=O)NCCS)cc3C4(C)C)ccc21. The largest absolute Gasteiger partial charge is 0.351 e. The topological polar surface area (TPSA) is 46.5 Å². The number of nitrogens with zero attached hydrogens (tertiary/aromatic N) is 2. The molecule has 3 aromatic carbocycles. The van der Waals surface area contributed by atoms with Gasteiger partial charge in [0.05, 0.1) is 6.61 Å². The Morgan fingerprint density at radius 1 is 1.08 bits per heavy atom. The third kappa shape index (κ3) is 3.53. The van der Waals surface area contributed by atoms with Gasteiger partial charge in [0.15, 0.2) is 5.72 Å². The Balaban J connectivity index is 1.39. The molecule has 2 aliphatic heterocycles. The van der Waals surface area contributed by atoms with Crippen LogP contribution in [0.4, 0.5) is 5.69 Å². The summed E-state index contributed by atoms with van der Waals surface area (Å²) in [5, 5.41) is 5.48. The van der Waals surface area contributed by atoms with Crippen LogP contribution in [0.1, 0.15) is 42.3 Å². The van der Waals surface area contributed by atoms with Crippen LogP contribution < -0.4 is 10.2 Å². The molecular formula is C31H33N3O2S. The van der Waals surface area contributed by atoms with E-state index in [1.54, 1.807) is 0 Å². The highest BCUT2D eigenvalue weighted by Gasteiger charge is 2.59. The summed E-state index contributed by atoms with van der Waals surface area (Å²) in [6.07, 6.45) is 4.42. The number of thiol groups is 1. The Morgan fingerprint density at radius 2 is 1.89 bits per heavy atom. The van der Waals surface area contributed by atoms with Gasteiger partial charge in [-0.15, -0.1) is 0 Å². The highest BCUT2D eigenvalue weighted by molar-refractivity contribution is 7.80. The molecule has 37 heavy (non-hydrogen) atoms. The van der Waals surface area contributed by atoms with E-state index < -0.39 is 5.72 Å². The molecule has 1 N–H and O–H groups in total. The van der Waals surface area contributed by atoms with Crippen molar-refractivity contribution in [1.29, 1.82) is 0 Å². The van der Waals surface area contributed by atoms with Crippen molar-refractivity contribution in [2.24, 2.45) is 0 Å². The number of hydrogen-bond acceptors (Lipinski definition) is 4. The van der Waals surface area contributed by atoms with Crippen LogP contribution in [0.15, 0.2) is 66.7 Å². The van der Waals surface area contributed by atoms with Crippen molar-refractivity contribution < 1.29 is 9.53 Å². The van der Waals surface area contributed by atoms with E-state index in [1.165, 1.54) is 21.8 Å². The monoisotopic (exact) mass is 511 g/mol. The second-order valence-corrected chi connectivity index (χ2v) is 10.9. The first-order valence-electron chi connectivity index (χ1n) is 13.1. The van der Waals surface area contributed by atoms with Gasteiger partial charge in [-0.25, -0.2) is 0 Å². The number of aromatic nitrogens is 1. The molecule has 1 unspecified atom stereocenters. The van der Waals surface area contributed by atoms with Crippen LogP contribution in [0.2, 0.25) is 0 Å². The van der Waals surface area contributed by atoms with Crippen molar-refractivity contribution in [3.05, 3.63) is 83.4 Å². The first-order chi connectivity index (χ1) is 17.9. The number of para-hydroxylation sites is 1. The van der Waals surface area contributed by atoms with Gasteiger partial charge < -0.3 is 19.5 Å². The molecule has 0 radical (unpaired) electrons. The van der Waals surface area contributed by atoms with E-state index >= 15 is 0 Å². The molecule has 1 fully saturated rings. The summed E-state index contributed by atoms with van der Waals surface area (Å²) in [6.45, 7) is 9.59. The number of carbonyl (C=O) groups excluding carboxylic acids is 1. The summed E-state index contributed by atoms with van der Waals surface area (Å²) in [7, 11) is 0. The Hall–Kier alpha value is -3.22. The van der Waals surface area contributed by atoms with Crippen LogP contribution in [0.3, 0.4) is 0 Å². The van der Waals surface area contributed by atoms with Crippen molar-refractivity contribution in [3.8, 4) is 0 Å². The summed E-state index contributed by atoms with van der Waals surface area (Å²) in [6, 6.07) is 21.4. The summed E-state index contributed by atoms with van der Waals surface area (Å²) in [5.74, 6) is 0.549. The molecule has 3 heterocycles. The highest BCUT2D eigenvalue weighted by atomic mass is 32.1. The van der Waals surface area contributed by atoms with Gasteiger partial charge in [-0.05, 0) is 60.5 Å². The van der Waals surface area contributed by atoms with Crippen molar-refractivity contribution in [3.63, 3.8) is 0 Å². The third-order valence-corrected chi connectivity index (χ3v) is 8.39. The molecule has 0 spiro atoms. The first-order valence-corrected chi connectivity index (χ1v) is 13.7. The smallest absolute Gasteiger partial charge is 0.251 e. The number of amides is 1. The minimum Gasteiger partial charge on any atom is -0.351 e. The lowest BCUT2D eigenvalue weighted by Gasteiger charge is -2.39. The molecule has 1 saturated heterocycles. The Kier molecular flexibility index (Phi) is 5.85. The zero-order chi connectivity index (χ0) is 25.8. The molecule has 1 atom stereocenters. The van der Waals surface area contributed by atoms with Crippen molar-refractivity contribution >= 4 is 52.1 Å². The van der Waals surface area contributed by atoms with Crippen LogP contribution >= 0.6 is 12.6 Å². The standard InChI is InChI=1S/C31H33N3O2S/c1-4-33-26-8-6-5-7-23(26)24-19-21(9-11-27(24)33)13-14-31-30(2,3)25-20-22(29(35)32-15-18-37)10-12-28(25)34(31)16-17-36-31/h5-14,19-20,37H,4,15-18H2,1-3H3,(H,32,35)/b14-13+. The van der Waals surface area contributed by atoms with Gasteiger partial charge in [0.25, 0.3) is 5.91 Å². The molecule has 0 aliphatic carbocycles. The van der Waals surface area contributed by atoms with Gasteiger partial charge in [-0.3, -0.25) is 4.79 Å². The molecular weight excluding hydrogens is 478 g/mol. The zero-order valence-electron chi connectivity index (χ0n) is 21.6. The fraction of sp³-hybridized carbons (Fsp3) is 0.323. The molecule has 6 rings (SSSR count). The maximum absolute atomic E-state index is 12.7. The molecule has 1 amide bonds. The Labute approximate surface area is 223 Å². The second-order valence-electron chi connectivity index (χ2n) is 10.4. The van der Waals surface area contributed by atoms with Gasteiger partial charge in [0, 0.05) is 63.9 Å². The molecule has 6 heteroatoms. The maximum atomic E-state index is 12.7. The van der Waals surface area contributed by atoms with E-state index in [9.17, 15) is 4.79 Å². The van der Waals surface area contributed by atoms with E-state index in [4.69, 9.17) is 4.74 Å². The summed E-state index contributed by atoms with van der Waals surface area (Å²) in [4.78, 5) is 15.0. The van der Waals surface area contributed by atoms with Gasteiger partial charge in [-0.2, -0.15) is 12.6 Å². The van der Waals surface area contributed by atoms with Gasteiger partial charge >= 0.3 is 0 Å². The Bertz CT molecular complexity index is 1550. The van der Waals surface area contributed by atoms with E-state index in [0.717, 1.165) is 29.9 Å². The lowest BCUT2D eigenvalue weighted by atomic mass is 9.77. The quantitative estimate of drug-likeness (QED) is 0.312. The summed E-state index contributed by atoms with van der Waals surface area (Å²) in [5.41, 5.74) is 5.67. The molecule has 5 nitrogen and oxygen atoms in total. The molecule has 4 aromatic rings. The number of benzene rings is 3. The zero-order valence-corrected chi connectivity index (χ0v) is 22.5. The van der Waals surface area contributed by atoms with Crippen molar-refractivity contribution in [1.82, 2.24) is 9.88 Å². The van der Waals surface area contributed by atoms with Gasteiger partial charge in [0.1, 0.15) is 0 Å². The van der Waals surface area contributed by atoms with Crippen molar-refractivity contribution in [2.75, 3.05) is 30.3 Å². The van der Waals surface area contributed by atoms with Crippen LogP contribution in [-0.4, -0.2) is 41.6 Å². The number of anilines is 1. The lowest BCUT2D eigenvalue weighted by Crippen LogP contribution is -2.51. The lowest BCUT2D eigenvalue weighted by molar-refractivity contribution is 0.000321. The predicted octanol–water partition coefficient (Wildman–Crippen LogP) is 6.01. The molecule has 2 aliphatic rings. The normalized spacial score (nSPS) is 20.2. The van der Waals surface area contributed by atoms with Crippen LogP contribution in [0.5, 0.6) is 0 Å². The van der Waals surface area contributed by atoms with Crippen LogP contribution in [-0.2, 0) is 16.7 Å². The number of rotatable bonds is 6. The molecule has 190 valence electrons. The number of nitrogens with one attached hydrogen (secondary N) is 1.